The van der Waals surface area contributed by atoms with Crippen molar-refractivity contribution in [3.63, 3.8) is 0 Å². The first-order valence-electron chi connectivity index (χ1n) is 9.23. The molecule has 1 atom stereocenters. The molecule has 2 aromatic rings. The largest absolute Gasteiger partial charge is 0.454 e. The third-order valence-electron chi connectivity index (χ3n) is 5.18. The Morgan fingerprint density at radius 3 is 3.04 bits per heavy atom. The number of aryl methyl sites for hydroxylation is 1. The molecule has 3 heterocycles. The van der Waals surface area contributed by atoms with Gasteiger partial charge in [0, 0.05) is 30.7 Å². The van der Waals surface area contributed by atoms with Gasteiger partial charge in [-0.1, -0.05) is 6.07 Å². The summed E-state index contributed by atoms with van der Waals surface area (Å²) >= 11 is 0. The number of fused-ring (bicyclic) bond motifs is 2. The van der Waals surface area contributed by atoms with Crippen LogP contribution < -0.4 is 14.8 Å². The van der Waals surface area contributed by atoms with Crippen molar-refractivity contribution in [2.45, 2.75) is 38.1 Å². The van der Waals surface area contributed by atoms with Gasteiger partial charge in [-0.2, -0.15) is 10.1 Å². The number of nitrogens with one attached hydrogen (secondary N) is 1. The molecule has 5 rings (SSSR count). The molecule has 1 aliphatic carbocycles. The number of rotatable bonds is 4. The van der Waals surface area contributed by atoms with E-state index in [4.69, 9.17) is 14.6 Å². The van der Waals surface area contributed by atoms with E-state index in [-0.39, 0.29) is 25.2 Å². The lowest BCUT2D eigenvalue weighted by Crippen LogP contribution is -2.31. The van der Waals surface area contributed by atoms with E-state index >= 15 is 0 Å². The average molecular weight is 368 g/mol. The summed E-state index contributed by atoms with van der Waals surface area (Å²) in [5.41, 5.74) is 2.61. The van der Waals surface area contributed by atoms with Crippen LogP contribution in [0.25, 0.3) is 0 Å². The number of hydrogen-bond acceptors (Lipinski definition) is 7. The fraction of sp³-hybridized carbons (Fsp3) is 0.421. The molecule has 0 saturated carbocycles. The first kappa shape index (κ1) is 16.3. The summed E-state index contributed by atoms with van der Waals surface area (Å²) in [6.07, 6.45) is 3.39. The number of ketones is 1. The first-order valence-corrected chi connectivity index (χ1v) is 9.23. The van der Waals surface area contributed by atoms with Crippen LogP contribution >= 0.6 is 0 Å². The van der Waals surface area contributed by atoms with Crippen LogP contribution in [0.2, 0.25) is 0 Å². The molecule has 0 spiro atoms. The van der Waals surface area contributed by atoms with Gasteiger partial charge in [0.05, 0.1) is 0 Å². The topological polar surface area (TPSA) is 98.5 Å². The van der Waals surface area contributed by atoms with Crippen molar-refractivity contribution in [3.05, 3.63) is 40.9 Å². The summed E-state index contributed by atoms with van der Waals surface area (Å²) in [5.74, 6) is 2.83. The number of carbonyl (C=O) groups is 1. The maximum atomic E-state index is 12.8. The third kappa shape index (κ3) is 2.68. The predicted octanol–water partition coefficient (Wildman–Crippen LogP) is 1.95. The maximum Gasteiger partial charge on any atom is 0.231 e. The summed E-state index contributed by atoms with van der Waals surface area (Å²) in [7, 11) is 0. The van der Waals surface area contributed by atoms with Gasteiger partial charge in [0.25, 0.3) is 0 Å². The maximum absolute atomic E-state index is 12.8. The van der Waals surface area contributed by atoms with Crippen LogP contribution in [0, 0.1) is 0 Å². The number of allylic oxidation sites excluding steroid dienone is 2. The van der Waals surface area contributed by atoms with Crippen molar-refractivity contribution in [1.82, 2.24) is 14.8 Å². The molecular formula is C19H20N4O4. The zero-order valence-electron chi connectivity index (χ0n) is 14.8. The molecule has 0 radical (unpaired) electrons. The van der Waals surface area contributed by atoms with E-state index in [2.05, 4.69) is 15.4 Å². The van der Waals surface area contributed by atoms with Gasteiger partial charge >= 0.3 is 0 Å². The Labute approximate surface area is 155 Å². The molecule has 0 saturated heterocycles. The van der Waals surface area contributed by atoms with Gasteiger partial charge in [0.1, 0.15) is 6.04 Å². The first-order chi connectivity index (χ1) is 13.2. The average Bonchev–Trinajstić information content (AvgIpc) is 3.30. The molecule has 1 aromatic carbocycles. The molecule has 3 aliphatic rings. The van der Waals surface area contributed by atoms with Crippen LogP contribution in [-0.4, -0.2) is 39.1 Å². The van der Waals surface area contributed by atoms with Gasteiger partial charge in [-0.05, 0) is 37.0 Å². The Hall–Kier alpha value is -2.87. The molecule has 140 valence electrons. The molecule has 0 fully saturated rings. The number of benzene rings is 1. The van der Waals surface area contributed by atoms with Crippen molar-refractivity contribution in [3.8, 4) is 11.5 Å². The minimum Gasteiger partial charge on any atom is -0.454 e. The Kier molecular flexibility index (Phi) is 3.86. The van der Waals surface area contributed by atoms with Crippen molar-refractivity contribution in [2.24, 2.45) is 0 Å². The number of aliphatic hydroxyl groups excluding tert-OH is 1. The van der Waals surface area contributed by atoms with E-state index in [1.165, 1.54) is 0 Å². The minimum atomic E-state index is -0.339. The SMILES string of the molecule is O=C1CCCC2=C1C(c1ccc3c(c1)OCO3)n1nc(CCCO)nc1N2. The van der Waals surface area contributed by atoms with E-state index < -0.39 is 0 Å². The number of nitrogens with zero attached hydrogens (tertiary/aromatic N) is 3. The highest BCUT2D eigenvalue weighted by atomic mass is 16.7. The van der Waals surface area contributed by atoms with Crippen molar-refractivity contribution in [2.75, 3.05) is 18.7 Å². The number of hydrogen-bond donors (Lipinski definition) is 2. The number of ether oxygens (including phenoxy) is 2. The second-order valence-electron chi connectivity index (χ2n) is 6.93. The zero-order chi connectivity index (χ0) is 18.4. The summed E-state index contributed by atoms with van der Waals surface area (Å²) in [5, 5.41) is 17.0. The Balaban J connectivity index is 1.62. The van der Waals surface area contributed by atoms with Crippen LogP contribution in [0.15, 0.2) is 29.5 Å². The van der Waals surface area contributed by atoms with E-state index in [9.17, 15) is 4.79 Å². The Morgan fingerprint density at radius 2 is 2.15 bits per heavy atom. The second kappa shape index (κ2) is 6.38. The number of aliphatic hydroxyl groups is 1. The zero-order valence-corrected chi connectivity index (χ0v) is 14.8. The molecule has 0 bridgehead atoms. The molecular weight excluding hydrogens is 348 g/mol. The quantitative estimate of drug-likeness (QED) is 0.851. The normalized spacial score (nSPS) is 20.3. The summed E-state index contributed by atoms with van der Waals surface area (Å²) in [6.45, 7) is 0.300. The molecule has 8 nitrogen and oxygen atoms in total. The van der Waals surface area contributed by atoms with Gasteiger partial charge < -0.3 is 19.9 Å². The van der Waals surface area contributed by atoms with Crippen molar-refractivity contribution >= 4 is 11.7 Å². The van der Waals surface area contributed by atoms with E-state index in [0.717, 1.165) is 29.7 Å². The molecule has 0 amide bonds. The molecule has 1 unspecified atom stereocenters. The number of carbonyl (C=O) groups excluding carboxylic acids is 1. The lowest BCUT2D eigenvalue weighted by molar-refractivity contribution is -0.116. The van der Waals surface area contributed by atoms with Crippen LogP contribution in [0.1, 0.15) is 43.1 Å². The monoisotopic (exact) mass is 368 g/mol. The predicted molar refractivity (Wildman–Crippen MR) is 95.6 cm³/mol. The van der Waals surface area contributed by atoms with Gasteiger partial charge in [-0.15, -0.1) is 0 Å². The molecule has 27 heavy (non-hydrogen) atoms. The lowest BCUT2D eigenvalue weighted by atomic mass is 9.85. The Morgan fingerprint density at radius 1 is 1.26 bits per heavy atom. The van der Waals surface area contributed by atoms with Crippen molar-refractivity contribution in [1.29, 1.82) is 0 Å². The van der Waals surface area contributed by atoms with Crippen LogP contribution in [0.5, 0.6) is 11.5 Å². The van der Waals surface area contributed by atoms with Gasteiger partial charge in [0.15, 0.2) is 23.1 Å². The smallest absolute Gasteiger partial charge is 0.231 e. The summed E-state index contributed by atoms with van der Waals surface area (Å²) in [4.78, 5) is 17.4. The van der Waals surface area contributed by atoms with Crippen LogP contribution in [-0.2, 0) is 11.2 Å². The van der Waals surface area contributed by atoms with E-state index in [0.29, 0.717) is 42.5 Å². The van der Waals surface area contributed by atoms with E-state index in [1.54, 1.807) is 4.68 Å². The number of anilines is 1. The Bertz CT molecular complexity index is 949. The summed E-state index contributed by atoms with van der Waals surface area (Å²) in [6, 6.07) is 5.41. The molecule has 1 aromatic heterocycles. The number of Topliss-reactive ketones (excluding diaryl/α,β-unsaturated/α-hetero) is 1. The number of aromatic nitrogens is 3. The van der Waals surface area contributed by atoms with Crippen LogP contribution in [0.4, 0.5) is 5.95 Å². The highest BCUT2D eigenvalue weighted by Crippen LogP contribution is 2.42. The third-order valence-corrected chi connectivity index (χ3v) is 5.18. The fourth-order valence-corrected chi connectivity index (χ4v) is 3.93. The van der Waals surface area contributed by atoms with E-state index in [1.807, 2.05) is 18.2 Å². The lowest BCUT2D eigenvalue weighted by Gasteiger charge is -2.32. The highest BCUT2D eigenvalue weighted by molar-refractivity contribution is 5.99. The molecule has 8 heteroatoms. The van der Waals surface area contributed by atoms with Crippen LogP contribution in [0.3, 0.4) is 0 Å². The van der Waals surface area contributed by atoms with Crippen molar-refractivity contribution < 1.29 is 19.4 Å². The molecule has 2 N–H and O–H groups in total. The second-order valence-corrected chi connectivity index (χ2v) is 6.93. The summed E-state index contributed by atoms with van der Waals surface area (Å²) < 4.78 is 12.7. The van der Waals surface area contributed by atoms with Gasteiger partial charge in [0.2, 0.25) is 12.7 Å². The van der Waals surface area contributed by atoms with Gasteiger partial charge in [-0.25, -0.2) is 4.68 Å². The molecule has 2 aliphatic heterocycles. The minimum absolute atomic E-state index is 0.0934. The van der Waals surface area contributed by atoms with Gasteiger partial charge in [-0.3, -0.25) is 4.79 Å². The highest BCUT2D eigenvalue weighted by Gasteiger charge is 2.37. The standard InChI is InChI=1S/C19H20N4O4/c24-8-2-5-16-21-19-20-12-3-1-4-13(25)17(12)18(23(19)22-16)11-6-7-14-15(9-11)27-10-26-14/h6-7,9,18,24H,1-5,8,10H2,(H,20,21,22). The fourth-order valence-electron chi connectivity index (χ4n) is 3.93.